The maximum absolute atomic E-state index is 5.81. The number of nitrogens with zero attached hydrogens (tertiary/aromatic N) is 2. The Bertz CT molecular complexity index is 536. The van der Waals surface area contributed by atoms with Gasteiger partial charge in [0.2, 0.25) is 0 Å². The summed E-state index contributed by atoms with van der Waals surface area (Å²) in [7, 11) is 0. The van der Waals surface area contributed by atoms with Gasteiger partial charge in [0, 0.05) is 11.2 Å². The molecule has 3 nitrogen and oxygen atoms in total. The molecule has 0 saturated heterocycles. The lowest BCUT2D eigenvalue weighted by molar-refractivity contribution is 0.297. The monoisotopic (exact) mass is 231 g/mol. The Morgan fingerprint density at radius 1 is 1.29 bits per heavy atom. The van der Waals surface area contributed by atoms with E-state index in [1.54, 1.807) is 0 Å². The van der Waals surface area contributed by atoms with Crippen LogP contribution in [0.1, 0.15) is 39.4 Å². The average Bonchev–Trinajstić information content (AvgIpc) is 2.64. The summed E-state index contributed by atoms with van der Waals surface area (Å²) in [5.74, 6) is 1.07. The zero-order valence-corrected chi connectivity index (χ0v) is 11.1. The van der Waals surface area contributed by atoms with E-state index in [0.29, 0.717) is 0 Å². The number of rotatable bonds is 3. The maximum atomic E-state index is 5.81. The zero-order valence-electron chi connectivity index (χ0n) is 11.1. The second-order valence-electron chi connectivity index (χ2n) is 4.95. The number of benzene rings is 1. The minimum Gasteiger partial charge on any atom is -0.399 e. The van der Waals surface area contributed by atoms with Crippen molar-refractivity contribution in [2.24, 2.45) is 0 Å². The number of hydrogen-bond donors (Lipinski definition) is 1. The number of aromatic nitrogens is 2. The Kier molecular flexibility index (Phi) is 2.86. The van der Waals surface area contributed by atoms with Crippen molar-refractivity contribution in [1.82, 2.24) is 9.55 Å². The minimum absolute atomic E-state index is 0.134. The number of fused-ring (bicyclic) bond motifs is 1. The number of aryl methyl sites for hydroxylation is 1. The normalized spacial score (nSPS) is 12.2. The van der Waals surface area contributed by atoms with E-state index in [0.717, 1.165) is 29.9 Å². The van der Waals surface area contributed by atoms with Crippen LogP contribution in [0.15, 0.2) is 18.2 Å². The Labute approximate surface area is 103 Å². The van der Waals surface area contributed by atoms with Crippen molar-refractivity contribution in [3.63, 3.8) is 0 Å². The van der Waals surface area contributed by atoms with Gasteiger partial charge in [0.05, 0.1) is 11.0 Å². The van der Waals surface area contributed by atoms with E-state index in [-0.39, 0.29) is 5.54 Å². The van der Waals surface area contributed by atoms with Crippen LogP contribution < -0.4 is 5.73 Å². The van der Waals surface area contributed by atoms with Crippen LogP contribution in [-0.2, 0) is 5.54 Å². The Morgan fingerprint density at radius 3 is 2.53 bits per heavy atom. The van der Waals surface area contributed by atoms with Crippen LogP contribution in [0.3, 0.4) is 0 Å². The highest BCUT2D eigenvalue weighted by Gasteiger charge is 2.25. The number of anilines is 1. The number of hydrogen-bond acceptors (Lipinski definition) is 2. The molecule has 0 aliphatic carbocycles. The lowest BCUT2D eigenvalue weighted by Gasteiger charge is -2.31. The molecule has 0 atom stereocenters. The highest BCUT2D eigenvalue weighted by molar-refractivity contribution is 5.80. The molecule has 0 amide bonds. The van der Waals surface area contributed by atoms with Gasteiger partial charge < -0.3 is 10.3 Å². The van der Waals surface area contributed by atoms with Gasteiger partial charge in [0.25, 0.3) is 0 Å². The largest absolute Gasteiger partial charge is 0.399 e. The van der Waals surface area contributed by atoms with E-state index in [2.05, 4.69) is 43.3 Å². The molecule has 3 heteroatoms. The van der Waals surface area contributed by atoms with E-state index >= 15 is 0 Å². The molecule has 0 saturated carbocycles. The number of imidazole rings is 1. The fourth-order valence-electron chi connectivity index (χ4n) is 2.47. The van der Waals surface area contributed by atoms with E-state index in [1.807, 2.05) is 12.1 Å². The summed E-state index contributed by atoms with van der Waals surface area (Å²) in [6.45, 7) is 8.81. The van der Waals surface area contributed by atoms with E-state index in [9.17, 15) is 0 Å². The SMILES string of the molecule is CCC(C)(CC)n1c(C)nc2cc(N)ccc21. The highest BCUT2D eigenvalue weighted by Crippen LogP contribution is 2.31. The molecule has 92 valence electrons. The van der Waals surface area contributed by atoms with Gasteiger partial charge >= 0.3 is 0 Å². The molecule has 0 unspecified atom stereocenters. The summed E-state index contributed by atoms with van der Waals surface area (Å²) in [5.41, 5.74) is 8.90. The Hall–Kier alpha value is -1.51. The van der Waals surface area contributed by atoms with Crippen molar-refractivity contribution in [1.29, 1.82) is 0 Å². The lowest BCUT2D eigenvalue weighted by atomic mass is 9.94. The van der Waals surface area contributed by atoms with E-state index < -0.39 is 0 Å². The van der Waals surface area contributed by atoms with E-state index in [4.69, 9.17) is 5.73 Å². The first-order valence-electron chi connectivity index (χ1n) is 6.27. The van der Waals surface area contributed by atoms with Crippen molar-refractivity contribution in [2.45, 2.75) is 46.1 Å². The van der Waals surface area contributed by atoms with Crippen LogP contribution >= 0.6 is 0 Å². The molecule has 2 rings (SSSR count). The number of nitrogens with two attached hydrogens (primary N) is 1. The van der Waals surface area contributed by atoms with Crippen molar-refractivity contribution >= 4 is 16.7 Å². The van der Waals surface area contributed by atoms with Crippen LogP contribution in [0.4, 0.5) is 5.69 Å². The molecule has 0 bridgehead atoms. The number of nitrogen functional groups attached to an aromatic ring is 1. The standard InChI is InChI=1S/C14H21N3/c1-5-14(4,6-2)17-10(3)16-12-9-11(15)7-8-13(12)17/h7-9H,5-6,15H2,1-4H3. The van der Waals surface area contributed by atoms with Gasteiger partial charge in [-0.15, -0.1) is 0 Å². The van der Waals surface area contributed by atoms with Gasteiger partial charge in [-0.2, -0.15) is 0 Å². The van der Waals surface area contributed by atoms with Crippen LogP contribution in [0, 0.1) is 6.92 Å². The van der Waals surface area contributed by atoms with Gasteiger partial charge in [-0.25, -0.2) is 4.98 Å². The molecule has 2 aromatic rings. The van der Waals surface area contributed by atoms with Crippen molar-refractivity contribution in [3.8, 4) is 0 Å². The van der Waals surface area contributed by atoms with Gasteiger partial charge in [0.15, 0.2) is 0 Å². The smallest absolute Gasteiger partial charge is 0.107 e. The van der Waals surface area contributed by atoms with Gasteiger partial charge in [-0.1, -0.05) is 13.8 Å². The molecule has 0 spiro atoms. The summed E-state index contributed by atoms with van der Waals surface area (Å²) in [6.07, 6.45) is 2.19. The maximum Gasteiger partial charge on any atom is 0.107 e. The molecule has 0 aliphatic rings. The van der Waals surface area contributed by atoms with Crippen molar-refractivity contribution < 1.29 is 0 Å². The second kappa shape index (κ2) is 4.06. The zero-order chi connectivity index (χ0) is 12.6. The lowest BCUT2D eigenvalue weighted by Crippen LogP contribution is -2.29. The highest BCUT2D eigenvalue weighted by atomic mass is 15.1. The fraction of sp³-hybridized carbons (Fsp3) is 0.500. The molecule has 0 aliphatic heterocycles. The third kappa shape index (κ3) is 1.79. The molecule has 1 aromatic carbocycles. The van der Waals surface area contributed by atoms with Crippen molar-refractivity contribution in [2.75, 3.05) is 5.73 Å². The van der Waals surface area contributed by atoms with Gasteiger partial charge in [-0.05, 0) is 44.9 Å². The summed E-state index contributed by atoms with van der Waals surface area (Å²) in [4.78, 5) is 4.62. The van der Waals surface area contributed by atoms with Gasteiger partial charge in [-0.3, -0.25) is 0 Å². The molecular weight excluding hydrogens is 210 g/mol. The Balaban J connectivity index is 2.73. The molecule has 0 fully saturated rings. The average molecular weight is 231 g/mol. The molecule has 1 aromatic heterocycles. The molecule has 0 radical (unpaired) electrons. The first kappa shape index (κ1) is 12.0. The topological polar surface area (TPSA) is 43.8 Å². The van der Waals surface area contributed by atoms with Gasteiger partial charge in [0.1, 0.15) is 5.82 Å². The summed E-state index contributed by atoms with van der Waals surface area (Å²) >= 11 is 0. The quantitative estimate of drug-likeness (QED) is 0.822. The van der Waals surface area contributed by atoms with Crippen LogP contribution in [-0.4, -0.2) is 9.55 Å². The third-order valence-corrected chi connectivity index (χ3v) is 3.91. The Morgan fingerprint density at radius 2 is 1.94 bits per heavy atom. The molecule has 1 heterocycles. The third-order valence-electron chi connectivity index (χ3n) is 3.91. The predicted octanol–water partition coefficient (Wildman–Crippen LogP) is 3.46. The van der Waals surface area contributed by atoms with Crippen LogP contribution in [0.2, 0.25) is 0 Å². The molecule has 2 N–H and O–H groups in total. The van der Waals surface area contributed by atoms with Crippen molar-refractivity contribution in [3.05, 3.63) is 24.0 Å². The molecule has 17 heavy (non-hydrogen) atoms. The summed E-state index contributed by atoms with van der Waals surface area (Å²) in [6, 6.07) is 5.98. The summed E-state index contributed by atoms with van der Waals surface area (Å²) in [5, 5.41) is 0. The fourth-order valence-corrected chi connectivity index (χ4v) is 2.47. The molecular formula is C14H21N3. The minimum atomic E-state index is 0.134. The van der Waals surface area contributed by atoms with Crippen LogP contribution in [0.5, 0.6) is 0 Å². The first-order valence-corrected chi connectivity index (χ1v) is 6.27. The first-order chi connectivity index (χ1) is 8.01. The second-order valence-corrected chi connectivity index (χ2v) is 4.95. The predicted molar refractivity (Wildman–Crippen MR) is 73.1 cm³/mol. The summed E-state index contributed by atoms with van der Waals surface area (Å²) < 4.78 is 2.35. The van der Waals surface area contributed by atoms with Crippen LogP contribution in [0.25, 0.3) is 11.0 Å². The van der Waals surface area contributed by atoms with E-state index in [1.165, 1.54) is 5.52 Å².